The van der Waals surface area contributed by atoms with Crippen LogP contribution in [0.4, 0.5) is 0 Å². The van der Waals surface area contributed by atoms with Gasteiger partial charge in [0.2, 0.25) is 0 Å². The first-order valence-corrected chi connectivity index (χ1v) is 10.2. The van der Waals surface area contributed by atoms with Crippen LogP contribution in [0.3, 0.4) is 0 Å². The molecular formula is C18H16N2O4S2. The molecule has 1 aromatic heterocycles. The lowest BCUT2D eigenvalue weighted by molar-refractivity contribution is -0.172. The molecular weight excluding hydrogens is 372 g/mol. The summed E-state index contributed by atoms with van der Waals surface area (Å²) in [4.78, 5) is 45.9. The van der Waals surface area contributed by atoms with E-state index in [2.05, 4.69) is 4.98 Å². The number of carbonyl (C=O) groups excluding carboxylic acids is 3. The van der Waals surface area contributed by atoms with E-state index >= 15 is 0 Å². The van der Waals surface area contributed by atoms with Gasteiger partial charge in [-0.1, -0.05) is 29.9 Å². The molecule has 1 fully saturated rings. The fourth-order valence-corrected chi connectivity index (χ4v) is 4.24. The highest BCUT2D eigenvalue weighted by atomic mass is 33.1. The number of rotatable bonds is 6. The molecule has 0 aliphatic carbocycles. The van der Waals surface area contributed by atoms with E-state index in [-0.39, 0.29) is 12.8 Å². The summed E-state index contributed by atoms with van der Waals surface area (Å²) >= 11 is 0. The number of aryl methyl sites for hydroxylation is 1. The van der Waals surface area contributed by atoms with Crippen molar-refractivity contribution in [1.82, 2.24) is 10.0 Å². The maximum atomic E-state index is 12.5. The van der Waals surface area contributed by atoms with E-state index in [9.17, 15) is 14.4 Å². The maximum absolute atomic E-state index is 12.5. The molecule has 2 heterocycles. The molecule has 0 radical (unpaired) electrons. The van der Waals surface area contributed by atoms with Crippen molar-refractivity contribution in [3.8, 4) is 0 Å². The molecule has 1 aromatic carbocycles. The van der Waals surface area contributed by atoms with Crippen molar-refractivity contribution in [2.45, 2.75) is 36.1 Å². The highest BCUT2D eigenvalue weighted by Crippen LogP contribution is 2.37. The number of hydrogen-bond donors (Lipinski definition) is 0. The smallest absolute Gasteiger partial charge is 0.325 e. The predicted octanol–water partition coefficient (Wildman–Crippen LogP) is 3.66. The Morgan fingerprint density at radius 2 is 1.92 bits per heavy atom. The van der Waals surface area contributed by atoms with Crippen LogP contribution in [-0.4, -0.2) is 27.8 Å². The van der Waals surface area contributed by atoms with Crippen molar-refractivity contribution in [1.29, 1.82) is 0 Å². The number of hydrogen-bond acceptors (Lipinski definition) is 7. The van der Waals surface area contributed by atoms with Crippen LogP contribution in [0.5, 0.6) is 0 Å². The van der Waals surface area contributed by atoms with E-state index in [4.69, 9.17) is 4.84 Å². The van der Waals surface area contributed by atoms with Gasteiger partial charge in [-0.3, -0.25) is 9.59 Å². The minimum absolute atomic E-state index is 0.0728. The van der Waals surface area contributed by atoms with Crippen LogP contribution in [0.1, 0.15) is 35.7 Å². The standard InChI is InChI=1S/C18H16N2O4S2/c1-2-12-6-7-13(25-26-15-5-3-4-10-19-15)11-14(12)18(23)24-20-16(21)8-9-17(20)22/h3-7,10-11H,2,8-9H2,1H3. The molecule has 134 valence electrons. The highest BCUT2D eigenvalue weighted by Gasteiger charge is 2.33. The second-order valence-electron chi connectivity index (χ2n) is 5.47. The van der Waals surface area contributed by atoms with Crippen molar-refractivity contribution < 1.29 is 19.2 Å². The lowest BCUT2D eigenvalue weighted by Crippen LogP contribution is -2.32. The van der Waals surface area contributed by atoms with Gasteiger partial charge in [0.05, 0.1) is 5.56 Å². The number of carbonyl (C=O) groups is 3. The number of hydroxylamine groups is 2. The molecule has 0 spiro atoms. The second-order valence-corrected chi connectivity index (χ2v) is 7.69. The number of amides is 2. The van der Waals surface area contributed by atoms with Gasteiger partial charge in [-0.15, -0.1) is 5.06 Å². The molecule has 0 atom stereocenters. The van der Waals surface area contributed by atoms with Crippen LogP contribution in [0, 0.1) is 0 Å². The monoisotopic (exact) mass is 388 g/mol. The normalized spacial score (nSPS) is 14.0. The summed E-state index contributed by atoms with van der Waals surface area (Å²) in [7, 11) is 2.94. The molecule has 1 aliphatic heterocycles. The molecule has 0 N–H and O–H groups in total. The van der Waals surface area contributed by atoms with Gasteiger partial charge in [-0.2, -0.15) is 0 Å². The fraction of sp³-hybridized carbons (Fsp3) is 0.222. The topological polar surface area (TPSA) is 76.6 Å². The summed E-state index contributed by atoms with van der Waals surface area (Å²) in [5.41, 5.74) is 1.15. The molecule has 0 saturated carbocycles. The zero-order chi connectivity index (χ0) is 18.5. The van der Waals surface area contributed by atoms with Crippen LogP contribution in [0.25, 0.3) is 0 Å². The summed E-state index contributed by atoms with van der Waals surface area (Å²) in [6.07, 6.45) is 2.49. The Morgan fingerprint density at radius 3 is 2.58 bits per heavy atom. The van der Waals surface area contributed by atoms with Crippen LogP contribution >= 0.6 is 21.6 Å². The third-order valence-corrected chi connectivity index (χ3v) is 6.00. The van der Waals surface area contributed by atoms with Crippen molar-refractivity contribution in [3.63, 3.8) is 0 Å². The Morgan fingerprint density at radius 1 is 1.15 bits per heavy atom. The van der Waals surface area contributed by atoms with Crippen LogP contribution < -0.4 is 0 Å². The lowest BCUT2D eigenvalue weighted by Gasteiger charge is -2.14. The van der Waals surface area contributed by atoms with Gasteiger partial charge in [-0.25, -0.2) is 9.78 Å². The van der Waals surface area contributed by atoms with Crippen LogP contribution in [0.15, 0.2) is 52.5 Å². The van der Waals surface area contributed by atoms with Gasteiger partial charge in [0.15, 0.2) is 0 Å². The SMILES string of the molecule is CCc1ccc(SSc2ccccn2)cc1C(=O)ON1C(=O)CCC1=O. The van der Waals surface area contributed by atoms with Crippen molar-refractivity contribution >= 4 is 39.4 Å². The highest BCUT2D eigenvalue weighted by molar-refractivity contribution is 8.76. The molecule has 8 heteroatoms. The van der Waals surface area contributed by atoms with Crippen molar-refractivity contribution in [2.75, 3.05) is 0 Å². The molecule has 6 nitrogen and oxygen atoms in total. The van der Waals surface area contributed by atoms with E-state index < -0.39 is 17.8 Å². The first kappa shape index (κ1) is 18.5. The Bertz CT molecular complexity index is 826. The van der Waals surface area contributed by atoms with Crippen LogP contribution in [-0.2, 0) is 20.8 Å². The Labute approximate surface area is 158 Å². The van der Waals surface area contributed by atoms with Gasteiger partial charge < -0.3 is 4.84 Å². The van der Waals surface area contributed by atoms with Gasteiger partial charge in [0, 0.05) is 23.9 Å². The zero-order valence-electron chi connectivity index (χ0n) is 14.0. The molecule has 2 amide bonds. The van der Waals surface area contributed by atoms with Crippen molar-refractivity contribution in [3.05, 3.63) is 53.7 Å². The zero-order valence-corrected chi connectivity index (χ0v) is 15.6. The van der Waals surface area contributed by atoms with E-state index in [0.29, 0.717) is 17.0 Å². The summed E-state index contributed by atoms with van der Waals surface area (Å²) < 4.78 is 0. The van der Waals surface area contributed by atoms with E-state index in [1.807, 2.05) is 37.3 Å². The molecule has 26 heavy (non-hydrogen) atoms. The fourth-order valence-electron chi connectivity index (χ4n) is 2.38. The number of imide groups is 1. The average Bonchev–Trinajstić information content (AvgIpc) is 2.99. The minimum atomic E-state index is -0.698. The Balaban J connectivity index is 1.75. The third-order valence-electron chi connectivity index (χ3n) is 3.72. The van der Waals surface area contributed by atoms with Gasteiger partial charge in [0.25, 0.3) is 11.8 Å². The number of aromatic nitrogens is 1. The predicted molar refractivity (Wildman–Crippen MR) is 98.3 cm³/mol. The summed E-state index contributed by atoms with van der Waals surface area (Å²) in [6, 6.07) is 11.1. The molecule has 1 aliphatic rings. The average molecular weight is 388 g/mol. The summed E-state index contributed by atoms with van der Waals surface area (Å²) in [6.45, 7) is 1.92. The first-order chi connectivity index (χ1) is 12.6. The largest absolute Gasteiger partial charge is 0.364 e. The number of benzene rings is 1. The molecule has 1 saturated heterocycles. The quantitative estimate of drug-likeness (QED) is 0.552. The minimum Gasteiger partial charge on any atom is -0.325 e. The van der Waals surface area contributed by atoms with Crippen LogP contribution in [0.2, 0.25) is 0 Å². The first-order valence-electron chi connectivity index (χ1n) is 8.05. The Kier molecular flexibility index (Phi) is 5.95. The molecule has 0 unspecified atom stereocenters. The summed E-state index contributed by atoms with van der Waals surface area (Å²) in [5.74, 6) is -1.67. The van der Waals surface area contributed by atoms with E-state index in [1.165, 1.54) is 21.6 Å². The summed E-state index contributed by atoms with van der Waals surface area (Å²) in [5, 5.41) is 1.43. The van der Waals surface area contributed by atoms with E-state index in [0.717, 1.165) is 15.5 Å². The van der Waals surface area contributed by atoms with E-state index in [1.54, 1.807) is 12.3 Å². The lowest BCUT2D eigenvalue weighted by atomic mass is 10.1. The van der Waals surface area contributed by atoms with Gasteiger partial charge >= 0.3 is 5.97 Å². The molecule has 0 bridgehead atoms. The van der Waals surface area contributed by atoms with Gasteiger partial charge in [0.1, 0.15) is 5.03 Å². The molecule has 3 rings (SSSR count). The van der Waals surface area contributed by atoms with Gasteiger partial charge in [-0.05, 0) is 47.0 Å². The number of nitrogens with zero attached hydrogens (tertiary/aromatic N) is 2. The second kappa shape index (κ2) is 8.37. The number of pyridine rings is 1. The Hall–Kier alpha value is -2.32. The molecule has 2 aromatic rings. The van der Waals surface area contributed by atoms with Crippen molar-refractivity contribution in [2.24, 2.45) is 0 Å². The third kappa shape index (κ3) is 4.25. The maximum Gasteiger partial charge on any atom is 0.364 e.